The standard InChI is InChI=1S/C13H16O2S/c1-9(13(14)15)7-8-11-5-3-4-6-12(11)10(2)16/h3-6,9H,7-8H2,1-2H3,(H,14,15). The van der Waals surface area contributed by atoms with E-state index in [0.29, 0.717) is 6.42 Å². The molecule has 0 saturated heterocycles. The summed E-state index contributed by atoms with van der Waals surface area (Å²) >= 11 is 5.16. The predicted octanol–water partition coefficient (Wildman–Crippen LogP) is 3.08. The van der Waals surface area contributed by atoms with E-state index in [1.54, 1.807) is 6.92 Å². The van der Waals surface area contributed by atoms with E-state index in [9.17, 15) is 4.79 Å². The fourth-order valence-corrected chi connectivity index (χ4v) is 1.78. The maximum Gasteiger partial charge on any atom is 0.306 e. The molecule has 0 aliphatic carbocycles. The lowest BCUT2D eigenvalue weighted by Gasteiger charge is -2.10. The number of hydrogen-bond donors (Lipinski definition) is 1. The summed E-state index contributed by atoms with van der Waals surface area (Å²) in [5.74, 6) is -1.05. The molecule has 0 fully saturated rings. The zero-order chi connectivity index (χ0) is 12.1. The Morgan fingerprint density at radius 1 is 1.44 bits per heavy atom. The van der Waals surface area contributed by atoms with Gasteiger partial charge in [-0.1, -0.05) is 43.4 Å². The van der Waals surface area contributed by atoms with Crippen molar-refractivity contribution in [1.29, 1.82) is 0 Å². The molecule has 3 heteroatoms. The summed E-state index contributed by atoms with van der Waals surface area (Å²) in [6.07, 6.45) is 1.41. The van der Waals surface area contributed by atoms with Crippen LogP contribution >= 0.6 is 12.2 Å². The number of thiocarbonyl (C=S) groups is 1. The Morgan fingerprint density at radius 3 is 2.62 bits per heavy atom. The van der Waals surface area contributed by atoms with Gasteiger partial charge in [0.05, 0.1) is 5.92 Å². The van der Waals surface area contributed by atoms with Crippen molar-refractivity contribution >= 4 is 23.1 Å². The summed E-state index contributed by atoms with van der Waals surface area (Å²) in [4.78, 5) is 11.6. The van der Waals surface area contributed by atoms with Crippen LogP contribution in [-0.4, -0.2) is 15.9 Å². The van der Waals surface area contributed by atoms with E-state index in [1.807, 2.05) is 31.2 Å². The van der Waals surface area contributed by atoms with Crippen LogP contribution in [0.25, 0.3) is 0 Å². The van der Waals surface area contributed by atoms with Crippen LogP contribution in [0.5, 0.6) is 0 Å². The van der Waals surface area contributed by atoms with Gasteiger partial charge in [-0.3, -0.25) is 4.79 Å². The van der Waals surface area contributed by atoms with Crippen molar-refractivity contribution in [2.24, 2.45) is 5.92 Å². The molecule has 16 heavy (non-hydrogen) atoms. The van der Waals surface area contributed by atoms with Gasteiger partial charge < -0.3 is 5.11 Å². The highest BCUT2D eigenvalue weighted by Gasteiger charge is 2.12. The molecule has 0 aromatic heterocycles. The Kier molecular flexibility index (Phi) is 4.62. The summed E-state index contributed by atoms with van der Waals surface area (Å²) in [5.41, 5.74) is 2.21. The van der Waals surface area contributed by atoms with Gasteiger partial charge in [-0.2, -0.15) is 0 Å². The van der Waals surface area contributed by atoms with Gasteiger partial charge in [0.15, 0.2) is 0 Å². The van der Waals surface area contributed by atoms with Crippen LogP contribution in [0.2, 0.25) is 0 Å². The zero-order valence-corrected chi connectivity index (χ0v) is 10.4. The molecule has 1 N–H and O–H groups in total. The molecule has 1 unspecified atom stereocenters. The molecule has 0 aliphatic heterocycles. The van der Waals surface area contributed by atoms with Crippen LogP contribution in [0.4, 0.5) is 0 Å². The summed E-state index contributed by atoms with van der Waals surface area (Å²) in [6, 6.07) is 7.92. The predicted molar refractivity (Wildman–Crippen MR) is 68.9 cm³/mol. The molecule has 1 atom stereocenters. The third kappa shape index (κ3) is 3.42. The average Bonchev–Trinajstić information content (AvgIpc) is 2.25. The summed E-state index contributed by atoms with van der Waals surface area (Å²) in [7, 11) is 0. The minimum Gasteiger partial charge on any atom is -0.481 e. The van der Waals surface area contributed by atoms with E-state index < -0.39 is 5.97 Å². The maximum atomic E-state index is 10.7. The summed E-state index contributed by atoms with van der Waals surface area (Å²) in [5, 5.41) is 8.81. The molecular weight excluding hydrogens is 220 g/mol. The zero-order valence-electron chi connectivity index (χ0n) is 9.56. The fraction of sp³-hybridized carbons (Fsp3) is 0.385. The van der Waals surface area contributed by atoms with Crippen molar-refractivity contribution in [2.45, 2.75) is 26.7 Å². The first-order valence-corrected chi connectivity index (χ1v) is 5.75. The van der Waals surface area contributed by atoms with Crippen LogP contribution in [0.1, 0.15) is 31.4 Å². The molecule has 1 aromatic rings. The normalized spacial score (nSPS) is 12.1. The highest BCUT2D eigenvalue weighted by atomic mass is 32.1. The third-order valence-electron chi connectivity index (χ3n) is 2.66. The first kappa shape index (κ1) is 12.8. The second kappa shape index (κ2) is 5.75. The molecule has 86 valence electrons. The van der Waals surface area contributed by atoms with Crippen molar-refractivity contribution in [2.75, 3.05) is 0 Å². The number of aryl methyl sites for hydroxylation is 1. The molecule has 2 nitrogen and oxygen atoms in total. The Labute approximate surface area is 101 Å². The van der Waals surface area contributed by atoms with Crippen molar-refractivity contribution in [3.8, 4) is 0 Å². The fourth-order valence-electron chi connectivity index (χ4n) is 1.58. The molecule has 0 heterocycles. The SMILES string of the molecule is CC(=S)c1ccccc1CCC(C)C(=O)O. The molecule has 0 saturated carbocycles. The van der Waals surface area contributed by atoms with E-state index in [1.165, 1.54) is 0 Å². The van der Waals surface area contributed by atoms with Gasteiger partial charge >= 0.3 is 5.97 Å². The van der Waals surface area contributed by atoms with Crippen molar-refractivity contribution in [1.82, 2.24) is 0 Å². The lowest BCUT2D eigenvalue weighted by molar-refractivity contribution is -0.141. The number of carbonyl (C=O) groups is 1. The lowest BCUT2D eigenvalue weighted by atomic mass is 9.96. The van der Waals surface area contributed by atoms with Gasteiger partial charge in [0.25, 0.3) is 0 Å². The van der Waals surface area contributed by atoms with Crippen LogP contribution < -0.4 is 0 Å². The highest BCUT2D eigenvalue weighted by Crippen LogP contribution is 2.15. The number of rotatable bonds is 5. The van der Waals surface area contributed by atoms with Crippen LogP contribution in [-0.2, 0) is 11.2 Å². The second-order valence-electron chi connectivity index (χ2n) is 3.99. The minimum absolute atomic E-state index is 0.307. The summed E-state index contributed by atoms with van der Waals surface area (Å²) < 4.78 is 0. The molecule has 0 bridgehead atoms. The van der Waals surface area contributed by atoms with Crippen molar-refractivity contribution in [3.05, 3.63) is 35.4 Å². The van der Waals surface area contributed by atoms with Gasteiger partial charge in [0.1, 0.15) is 0 Å². The van der Waals surface area contributed by atoms with Gasteiger partial charge in [-0.25, -0.2) is 0 Å². The first-order valence-electron chi connectivity index (χ1n) is 5.34. The molecule has 0 radical (unpaired) electrons. The Bertz CT molecular complexity index is 399. The van der Waals surface area contributed by atoms with Gasteiger partial charge in [0, 0.05) is 4.86 Å². The van der Waals surface area contributed by atoms with Crippen molar-refractivity contribution < 1.29 is 9.90 Å². The van der Waals surface area contributed by atoms with E-state index in [2.05, 4.69) is 0 Å². The number of carboxylic acids is 1. The molecule has 0 amide bonds. The quantitative estimate of drug-likeness (QED) is 0.630. The maximum absolute atomic E-state index is 10.7. The van der Waals surface area contributed by atoms with E-state index in [4.69, 9.17) is 17.3 Å². The van der Waals surface area contributed by atoms with Gasteiger partial charge in [0.2, 0.25) is 0 Å². The number of aliphatic carboxylic acids is 1. The minimum atomic E-state index is -0.739. The lowest BCUT2D eigenvalue weighted by Crippen LogP contribution is -2.11. The second-order valence-corrected chi connectivity index (χ2v) is 4.60. The first-order chi connectivity index (χ1) is 7.52. The largest absolute Gasteiger partial charge is 0.481 e. The number of carboxylic acid groups (broad SMARTS) is 1. The van der Waals surface area contributed by atoms with Crippen LogP contribution in [0.3, 0.4) is 0 Å². The molecular formula is C13H16O2S. The Morgan fingerprint density at radius 2 is 2.06 bits per heavy atom. The topological polar surface area (TPSA) is 37.3 Å². The highest BCUT2D eigenvalue weighted by molar-refractivity contribution is 7.80. The molecule has 1 rings (SSSR count). The van der Waals surface area contributed by atoms with Gasteiger partial charge in [-0.05, 0) is 30.9 Å². The van der Waals surface area contributed by atoms with E-state index in [-0.39, 0.29) is 5.92 Å². The number of hydrogen-bond acceptors (Lipinski definition) is 2. The van der Waals surface area contributed by atoms with E-state index >= 15 is 0 Å². The number of benzene rings is 1. The molecule has 1 aromatic carbocycles. The smallest absolute Gasteiger partial charge is 0.306 e. The Balaban J connectivity index is 2.74. The third-order valence-corrected chi connectivity index (χ3v) is 2.88. The molecule has 0 spiro atoms. The molecule has 0 aliphatic rings. The van der Waals surface area contributed by atoms with Gasteiger partial charge in [-0.15, -0.1) is 0 Å². The monoisotopic (exact) mass is 236 g/mol. The van der Waals surface area contributed by atoms with Crippen LogP contribution in [0.15, 0.2) is 24.3 Å². The van der Waals surface area contributed by atoms with E-state index in [0.717, 1.165) is 22.4 Å². The summed E-state index contributed by atoms with van der Waals surface area (Å²) in [6.45, 7) is 3.63. The Hall–Kier alpha value is -1.22. The van der Waals surface area contributed by atoms with Crippen molar-refractivity contribution in [3.63, 3.8) is 0 Å². The average molecular weight is 236 g/mol. The van der Waals surface area contributed by atoms with Crippen LogP contribution in [0, 0.1) is 5.92 Å².